The molecule has 3 aromatic rings. The van der Waals surface area contributed by atoms with Crippen LogP contribution in [0.3, 0.4) is 0 Å². The number of nitrogens with one attached hydrogen (secondary N) is 3. The second-order valence-corrected chi connectivity index (χ2v) is 7.78. The van der Waals surface area contributed by atoms with Crippen molar-refractivity contribution in [3.05, 3.63) is 99.2 Å². The molecule has 0 saturated carbocycles. The monoisotopic (exact) mass is 499 g/mol. The van der Waals surface area contributed by atoms with Gasteiger partial charge in [0.1, 0.15) is 18.1 Å². The molecule has 188 valence electrons. The molecule has 1 atom stereocenters. The summed E-state index contributed by atoms with van der Waals surface area (Å²) in [4.78, 5) is 25.3. The minimum absolute atomic E-state index is 0.159. The van der Waals surface area contributed by atoms with Crippen molar-refractivity contribution in [3.8, 4) is 5.69 Å². The first-order chi connectivity index (χ1) is 17.1. The number of rotatable bonds is 9. The molecule has 1 heterocycles. The molecular weight excluding hydrogens is 475 g/mol. The predicted octanol–water partition coefficient (Wildman–Crippen LogP) is 3.16. The zero-order chi connectivity index (χ0) is 26.5. The van der Waals surface area contributed by atoms with Crippen LogP contribution in [0.25, 0.3) is 11.4 Å². The molecule has 1 amide bonds. The van der Waals surface area contributed by atoms with Crippen LogP contribution in [0.5, 0.6) is 0 Å². The highest BCUT2D eigenvalue weighted by Crippen LogP contribution is 2.32. The van der Waals surface area contributed by atoms with Gasteiger partial charge in [-0.2, -0.15) is 18.6 Å². The lowest BCUT2D eigenvalue weighted by molar-refractivity contribution is -0.0584. The molecule has 4 N–H and O–H groups in total. The lowest BCUT2D eigenvalue weighted by Crippen LogP contribution is -2.31. The minimum Gasteiger partial charge on any atom is -0.390 e. The molecule has 11 heteroatoms. The van der Waals surface area contributed by atoms with Gasteiger partial charge in [-0.1, -0.05) is 24.3 Å². The molecule has 0 aliphatic rings. The Balaban J connectivity index is 1.91. The molecule has 0 aliphatic carbocycles. The first-order valence-corrected chi connectivity index (χ1v) is 10.8. The third-order valence-corrected chi connectivity index (χ3v) is 5.39. The van der Waals surface area contributed by atoms with Crippen LogP contribution in [-0.2, 0) is 5.92 Å². The maximum Gasteiger partial charge on any atom is 0.298 e. The summed E-state index contributed by atoms with van der Waals surface area (Å²) < 4.78 is 43.5. The minimum atomic E-state index is -3.78. The zero-order valence-corrected chi connectivity index (χ0v) is 19.4. The number of nitrogens with zero attached hydrogens (tertiary/aromatic N) is 2. The van der Waals surface area contributed by atoms with E-state index in [0.717, 1.165) is 23.0 Å². The highest BCUT2D eigenvalue weighted by molar-refractivity contribution is 5.92. The number of carbonyl (C=O) groups excluding carboxylic acids is 1. The van der Waals surface area contributed by atoms with Crippen LogP contribution < -0.4 is 16.2 Å². The number of aliphatic hydroxyl groups is 1. The van der Waals surface area contributed by atoms with Gasteiger partial charge >= 0.3 is 0 Å². The summed E-state index contributed by atoms with van der Waals surface area (Å²) in [6, 6.07) is 11.3. The van der Waals surface area contributed by atoms with Gasteiger partial charge in [-0.15, -0.1) is 0 Å². The van der Waals surface area contributed by atoms with Gasteiger partial charge in [-0.3, -0.25) is 9.59 Å². The Hall–Kier alpha value is -4.25. The van der Waals surface area contributed by atoms with Gasteiger partial charge < -0.3 is 21.1 Å². The molecule has 1 aromatic heterocycles. The Bertz CT molecular complexity index is 1370. The maximum absolute atomic E-state index is 14.8. The van der Waals surface area contributed by atoms with Crippen molar-refractivity contribution in [3.63, 3.8) is 0 Å². The summed E-state index contributed by atoms with van der Waals surface area (Å²) >= 11 is 0. The Morgan fingerprint density at radius 1 is 1.22 bits per heavy atom. The van der Waals surface area contributed by atoms with Crippen molar-refractivity contribution in [1.29, 1.82) is 5.41 Å². The van der Waals surface area contributed by atoms with E-state index in [1.807, 2.05) is 0 Å². The molecule has 0 aliphatic heterocycles. The number of amides is 1. The molecule has 0 saturated heterocycles. The van der Waals surface area contributed by atoms with Crippen molar-refractivity contribution < 1.29 is 23.1 Å². The van der Waals surface area contributed by atoms with Crippen LogP contribution in [0.1, 0.15) is 40.1 Å². The number of aliphatic hydroxyl groups excluding tert-OH is 1. The van der Waals surface area contributed by atoms with E-state index in [1.165, 1.54) is 31.2 Å². The number of benzene rings is 2. The lowest BCUT2D eigenvalue weighted by Gasteiger charge is -2.20. The van der Waals surface area contributed by atoms with Gasteiger partial charge in [-0.25, -0.2) is 4.39 Å². The molecular formula is C25H24F3N5O3. The Kier molecular flexibility index (Phi) is 8.05. The Morgan fingerprint density at radius 3 is 2.61 bits per heavy atom. The largest absolute Gasteiger partial charge is 0.390 e. The normalized spacial score (nSPS) is 12.7. The maximum atomic E-state index is 14.8. The molecule has 0 fully saturated rings. The zero-order valence-electron chi connectivity index (χ0n) is 19.4. The van der Waals surface area contributed by atoms with E-state index in [9.17, 15) is 22.8 Å². The second-order valence-electron chi connectivity index (χ2n) is 7.78. The number of carbonyl (C=O) groups is 1. The molecule has 8 nitrogen and oxygen atoms in total. The molecule has 36 heavy (non-hydrogen) atoms. The Morgan fingerprint density at radius 2 is 1.94 bits per heavy atom. The fourth-order valence-electron chi connectivity index (χ4n) is 3.53. The number of allylic oxidation sites excluding steroid dienone is 1. The van der Waals surface area contributed by atoms with Gasteiger partial charge in [0.2, 0.25) is 0 Å². The average Bonchev–Trinajstić information content (AvgIpc) is 2.87. The molecule has 0 radical (unpaired) electrons. The summed E-state index contributed by atoms with van der Waals surface area (Å²) in [6.07, 6.45) is 2.64. The third kappa shape index (κ3) is 5.52. The van der Waals surface area contributed by atoms with E-state index in [-0.39, 0.29) is 11.3 Å². The van der Waals surface area contributed by atoms with Crippen LogP contribution in [0.2, 0.25) is 0 Å². The number of hydrogen-bond acceptors (Lipinski definition) is 6. The van der Waals surface area contributed by atoms with Crippen molar-refractivity contribution in [2.45, 2.75) is 18.9 Å². The van der Waals surface area contributed by atoms with Crippen molar-refractivity contribution in [1.82, 2.24) is 20.4 Å². The number of alkyl halides is 2. The van der Waals surface area contributed by atoms with Crippen LogP contribution in [0, 0.1) is 11.2 Å². The summed E-state index contributed by atoms with van der Waals surface area (Å²) in [5.41, 5.74) is -0.196. The van der Waals surface area contributed by atoms with E-state index in [4.69, 9.17) is 10.5 Å². The highest BCUT2D eigenvalue weighted by Gasteiger charge is 2.35. The molecule has 3 rings (SSSR count). The van der Waals surface area contributed by atoms with E-state index >= 15 is 0 Å². The number of aromatic nitrogens is 2. The second kappa shape index (κ2) is 11.0. The third-order valence-electron chi connectivity index (χ3n) is 5.39. The van der Waals surface area contributed by atoms with Crippen LogP contribution >= 0.6 is 0 Å². The van der Waals surface area contributed by atoms with Crippen molar-refractivity contribution in [2.24, 2.45) is 0 Å². The van der Waals surface area contributed by atoms with Gasteiger partial charge in [-0.05, 0) is 42.8 Å². The number of hydrogen-bond donors (Lipinski definition) is 4. The van der Waals surface area contributed by atoms with E-state index in [2.05, 4.69) is 15.7 Å². The van der Waals surface area contributed by atoms with Gasteiger partial charge in [0, 0.05) is 30.6 Å². The number of halogens is 3. The molecule has 0 unspecified atom stereocenters. The topological polar surface area (TPSA) is 120 Å². The van der Waals surface area contributed by atoms with Gasteiger partial charge in [0.25, 0.3) is 17.4 Å². The molecule has 0 bridgehead atoms. The predicted molar refractivity (Wildman–Crippen MR) is 129 cm³/mol. The first kappa shape index (κ1) is 26.4. The Labute approximate surface area is 204 Å². The summed E-state index contributed by atoms with van der Waals surface area (Å²) in [7, 11) is 1.68. The fourth-order valence-corrected chi connectivity index (χ4v) is 3.53. The lowest BCUT2D eigenvalue weighted by atomic mass is 10.0. The van der Waals surface area contributed by atoms with Gasteiger partial charge in [0.15, 0.2) is 0 Å². The summed E-state index contributed by atoms with van der Waals surface area (Å²) in [5.74, 6) is -5.78. The smallest absolute Gasteiger partial charge is 0.298 e. The summed E-state index contributed by atoms with van der Waals surface area (Å²) in [5, 5.41) is 25.7. The fraction of sp³-hybridized carbons (Fsp3) is 0.200. The van der Waals surface area contributed by atoms with Crippen LogP contribution in [0.4, 0.5) is 13.2 Å². The summed E-state index contributed by atoms with van der Waals surface area (Å²) in [6.45, 7) is -0.153. The highest BCUT2D eigenvalue weighted by atomic mass is 19.3. The van der Waals surface area contributed by atoms with Crippen LogP contribution in [0.15, 0.2) is 65.5 Å². The van der Waals surface area contributed by atoms with Crippen molar-refractivity contribution >= 4 is 17.8 Å². The molecule has 2 aromatic carbocycles. The standard InChI is InChI=1S/C25H24F3N5O3/c1-15(18-7-4-8-19(23(18)26)25(27,28)14-34)31-24(36)21-9-10-22(35)33(32-21)17-6-3-5-16(13-17)20(30-2)11-12-29/h3-13,15,29-30,34H,14H2,1-2H3,(H,31,36)/b20-11-,29-12?/t15-/m1/s1. The quantitative estimate of drug-likeness (QED) is 0.337. The van der Waals surface area contributed by atoms with E-state index < -0.39 is 41.4 Å². The van der Waals surface area contributed by atoms with E-state index in [1.54, 1.807) is 31.3 Å². The van der Waals surface area contributed by atoms with Crippen LogP contribution in [-0.4, -0.2) is 40.7 Å². The van der Waals surface area contributed by atoms with E-state index in [0.29, 0.717) is 16.9 Å². The average molecular weight is 499 g/mol. The van der Waals surface area contributed by atoms with Gasteiger partial charge in [0.05, 0.1) is 17.3 Å². The van der Waals surface area contributed by atoms with Crippen molar-refractivity contribution in [2.75, 3.05) is 13.7 Å². The SMILES string of the molecule is CN/C(=C\C=N)c1cccc(-n2nc(C(=O)N[C@H](C)c3cccc(C(F)(F)CO)c3F)ccc2=O)c1. The first-order valence-electron chi connectivity index (χ1n) is 10.8. The molecule has 0 spiro atoms.